The van der Waals surface area contributed by atoms with Crippen LogP contribution in [0.1, 0.15) is 27.0 Å². The van der Waals surface area contributed by atoms with E-state index in [1.165, 1.54) is 24.3 Å². The van der Waals surface area contributed by atoms with Gasteiger partial charge in [0.1, 0.15) is 5.75 Å². The number of carbonyl (C=O) groups is 1. The SMILES string of the molecule is Cc1ccc(C(=O)NCc2ccc(C(F)(F)F)cc2)c(O)c1. The highest BCUT2D eigenvalue weighted by Gasteiger charge is 2.29. The predicted octanol–water partition coefficient (Wildman–Crippen LogP) is 3.65. The molecule has 2 rings (SSSR count). The molecule has 0 aromatic heterocycles. The maximum Gasteiger partial charge on any atom is 0.416 e. The summed E-state index contributed by atoms with van der Waals surface area (Å²) in [5.41, 5.74) is 0.737. The van der Waals surface area contributed by atoms with Crippen LogP contribution in [0.15, 0.2) is 42.5 Å². The van der Waals surface area contributed by atoms with Gasteiger partial charge in [-0.2, -0.15) is 13.2 Å². The van der Waals surface area contributed by atoms with Crippen LogP contribution in [-0.4, -0.2) is 11.0 Å². The van der Waals surface area contributed by atoms with Gasteiger partial charge < -0.3 is 10.4 Å². The third-order valence-electron chi connectivity index (χ3n) is 3.13. The lowest BCUT2D eigenvalue weighted by molar-refractivity contribution is -0.137. The Labute approximate surface area is 125 Å². The van der Waals surface area contributed by atoms with E-state index in [0.29, 0.717) is 5.56 Å². The summed E-state index contributed by atoms with van der Waals surface area (Å²) in [7, 11) is 0. The Balaban J connectivity index is 2.02. The molecule has 0 atom stereocenters. The first-order valence-corrected chi connectivity index (χ1v) is 6.51. The number of nitrogens with one attached hydrogen (secondary N) is 1. The molecule has 0 aliphatic heterocycles. The number of benzene rings is 2. The number of alkyl halides is 3. The van der Waals surface area contributed by atoms with Crippen molar-refractivity contribution in [1.29, 1.82) is 0 Å². The smallest absolute Gasteiger partial charge is 0.416 e. The molecular weight excluding hydrogens is 295 g/mol. The number of aryl methyl sites for hydroxylation is 1. The van der Waals surface area contributed by atoms with Crippen molar-refractivity contribution in [2.45, 2.75) is 19.6 Å². The summed E-state index contributed by atoms with van der Waals surface area (Å²) in [6, 6.07) is 9.18. The van der Waals surface area contributed by atoms with Crippen LogP contribution in [0.5, 0.6) is 5.75 Å². The standard InChI is InChI=1S/C16H14F3NO2/c1-10-2-7-13(14(21)8-10)15(22)20-9-11-3-5-12(6-4-11)16(17,18)19/h2-8,21H,9H2,1H3,(H,20,22). The van der Waals surface area contributed by atoms with Crippen LogP contribution in [-0.2, 0) is 12.7 Å². The van der Waals surface area contributed by atoms with Crippen LogP contribution in [0.4, 0.5) is 13.2 Å². The van der Waals surface area contributed by atoms with Gasteiger partial charge in [0.2, 0.25) is 0 Å². The first-order chi connectivity index (χ1) is 10.3. The molecule has 2 aromatic carbocycles. The molecule has 0 radical (unpaired) electrons. The molecule has 0 aliphatic carbocycles. The van der Waals surface area contributed by atoms with Crippen molar-refractivity contribution in [3.05, 3.63) is 64.7 Å². The van der Waals surface area contributed by atoms with Crippen molar-refractivity contribution >= 4 is 5.91 Å². The molecule has 2 N–H and O–H groups in total. The van der Waals surface area contributed by atoms with Gasteiger partial charge in [-0.05, 0) is 42.3 Å². The van der Waals surface area contributed by atoms with E-state index < -0.39 is 17.6 Å². The van der Waals surface area contributed by atoms with E-state index in [2.05, 4.69) is 5.32 Å². The number of hydrogen-bond acceptors (Lipinski definition) is 2. The first kappa shape index (κ1) is 15.9. The summed E-state index contributed by atoms with van der Waals surface area (Å²) in [6.07, 6.45) is -4.38. The van der Waals surface area contributed by atoms with Gasteiger partial charge in [0.05, 0.1) is 11.1 Å². The van der Waals surface area contributed by atoms with Crippen molar-refractivity contribution in [2.24, 2.45) is 0 Å². The molecule has 0 saturated heterocycles. The Morgan fingerprint density at radius 3 is 2.32 bits per heavy atom. The van der Waals surface area contributed by atoms with Crippen molar-refractivity contribution in [1.82, 2.24) is 5.32 Å². The maximum atomic E-state index is 12.4. The average molecular weight is 309 g/mol. The zero-order valence-corrected chi connectivity index (χ0v) is 11.7. The molecule has 116 valence electrons. The summed E-state index contributed by atoms with van der Waals surface area (Å²) in [5, 5.41) is 12.3. The Kier molecular flexibility index (Phi) is 4.40. The van der Waals surface area contributed by atoms with Crippen LogP contribution in [0.3, 0.4) is 0 Å². The molecule has 0 spiro atoms. The fourth-order valence-electron chi connectivity index (χ4n) is 1.92. The minimum Gasteiger partial charge on any atom is -0.507 e. The van der Waals surface area contributed by atoms with E-state index in [1.54, 1.807) is 13.0 Å². The fraction of sp³-hybridized carbons (Fsp3) is 0.188. The summed E-state index contributed by atoms with van der Waals surface area (Å²) in [5.74, 6) is -0.623. The molecule has 0 fully saturated rings. The number of amides is 1. The van der Waals surface area contributed by atoms with E-state index >= 15 is 0 Å². The molecule has 3 nitrogen and oxygen atoms in total. The maximum absolute atomic E-state index is 12.4. The fourth-order valence-corrected chi connectivity index (χ4v) is 1.92. The first-order valence-electron chi connectivity index (χ1n) is 6.51. The van der Waals surface area contributed by atoms with Gasteiger partial charge in [-0.1, -0.05) is 18.2 Å². The van der Waals surface area contributed by atoms with E-state index in [-0.39, 0.29) is 17.9 Å². The number of aromatic hydroxyl groups is 1. The number of carbonyl (C=O) groups excluding carboxylic acids is 1. The minimum absolute atomic E-state index is 0.0737. The van der Waals surface area contributed by atoms with Gasteiger partial charge in [0.25, 0.3) is 5.91 Å². The van der Waals surface area contributed by atoms with E-state index in [9.17, 15) is 23.1 Å². The highest BCUT2D eigenvalue weighted by atomic mass is 19.4. The second-order valence-electron chi connectivity index (χ2n) is 4.90. The van der Waals surface area contributed by atoms with Crippen molar-refractivity contribution < 1.29 is 23.1 Å². The highest BCUT2D eigenvalue weighted by Crippen LogP contribution is 2.29. The largest absolute Gasteiger partial charge is 0.507 e. The summed E-state index contributed by atoms with van der Waals surface area (Å²) in [4.78, 5) is 11.9. The molecule has 0 aliphatic rings. The molecule has 1 amide bonds. The van der Waals surface area contributed by atoms with Gasteiger partial charge in [0, 0.05) is 6.54 Å². The molecule has 0 unspecified atom stereocenters. The predicted molar refractivity (Wildman–Crippen MR) is 75.5 cm³/mol. The summed E-state index contributed by atoms with van der Waals surface area (Å²) >= 11 is 0. The van der Waals surface area contributed by atoms with Crippen LogP contribution in [0.25, 0.3) is 0 Å². The van der Waals surface area contributed by atoms with Gasteiger partial charge in [-0.15, -0.1) is 0 Å². The lowest BCUT2D eigenvalue weighted by Crippen LogP contribution is -2.23. The number of hydrogen-bond donors (Lipinski definition) is 2. The van der Waals surface area contributed by atoms with Gasteiger partial charge in [-0.25, -0.2) is 0 Å². The Bertz CT molecular complexity index is 679. The summed E-state index contributed by atoms with van der Waals surface area (Å²) in [6.45, 7) is 1.86. The topological polar surface area (TPSA) is 49.3 Å². The molecule has 6 heteroatoms. The molecule has 2 aromatic rings. The molecule has 0 saturated carbocycles. The van der Waals surface area contributed by atoms with Crippen molar-refractivity contribution in [2.75, 3.05) is 0 Å². The second-order valence-corrected chi connectivity index (χ2v) is 4.90. The van der Waals surface area contributed by atoms with Crippen LogP contribution in [0, 0.1) is 6.92 Å². The van der Waals surface area contributed by atoms with E-state index in [0.717, 1.165) is 17.7 Å². The lowest BCUT2D eigenvalue weighted by Gasteiger charge is -2.09. The summed E-state index contributed by atoms with van der Waals surface area (Å²) < 4.78 is 37.3. The number of phenolic OH excluding ortho intramolecular Hbond substituents is 1. The Hall–Kier alpha value is -2.50. The highest BCUT2D eigenvalue weighted by molar-refractivity contribution is 5.96. The molecule has 22 heavy (non-hydrogen) atoms. The van der Waals surface area contributed by atoms with Crippen LogP contribution < -0.4 is 5.32 Å². The molecule has 0 heterocycles. The molecular formula is C16H14F3NO2. The zero-order chi connectivity index (χ0) is 16.3. The normalized spacial score (nSPS) is 11.3. The van der Waals surface area contributed by atoms with Crippen LogP contribution in [0.2, 0.25) is 0 Å². The third kappa shape index (κ3) is 3.78. The van der Waals surface area contributed by atoms with Gasteiger partial charge >= 0.3 is 6.18 Å². The third-order valence-corrected chi connectivity index (χ3v) is 3.13. The van der Waals surface area contributed by atoms with Gasteiger partial charge in [-0.3, -0.25) is 4.79 Å². The number of rotatable bonds is 3. The Morgan fingerprint density at radius 2 is 1.77 bits per heavy atom. The quantitative estimate of drug-likeness (QED) is 0.909. The Morgan fingerprint density at radius 1 is 1.14 bits per heavy atom. The monoisotopic (exact) mass is 309 g/mol. The van der Waals surface area contributed by atoms with Crippen molar-refractivity contribution in [3.8, 4) is 5.75 Å². The number of halogens is 3. The van der Waals surface area contributed by atoms with Crippen LogP contribution >= 0.6 is 0 Å². The minimum atomic E-state index is -4.38. The van der Waals surface area contributed by atoms with Gasteiger partial charge in [0.15, 0.2) is 0 Å². The second kappa shape index (κ2) is 6.09. The number of phenols is 1. The zero-order valence-electron chi connectivity index (χ0n) is 11.7. The van der Waals surface area contributed by atoms with E-state index in [1.807, 2.05) is 0 Å². The molecule has 0 bridgehead atoms. The van der Waals surface area contributed by atoms with Crippen molar-refractivity contribution in [3.63, 3.8) is 0 Å². The average Bonchev–Trinajstić information content (AvgIpc) is 2.44. The lowest BCUT2D eigenvalue weighted by atomic mass is 10.1. The van der Waals surface area contributed by atoms with E-state index in [4.69, 9.17) is 0 Å².